The molecule has 0 saturated carbocycles. The number of hydrogen-bond acceptors (Lipinski definition) is 3. The van der Waals surface area contributed by atoms with E-state index in [9.17, 15) is 4.57 Å². The fourth-order valence-corrected chi connectivity index (χ4v) is 1.21. The molecule has 0 heterocycles. The zero-order valence-corrected chi connectivity index (χ0v) is 8.16. The third kappa shape index (κ3) is 6.76. The minimum atomic E-state index is -4.41. The molecular weight excluding hydrogens is 183 g/mol. The van der Waals surface area contributed by atoms with E-state index in [4.69, 9.17) is 14.5 Å². The molecule has 0 aromatic rings. The molecule has 0 aromatic carbocycles. The van der Waals surface area contributed by atoms with Gasteiger partial charge in [-0.2, -0.15) is 0 Å². The lowest BCUT2D eigenvalue weighted by atomic mass is 10.3. The van der Waals surface area contributed by atoms with Crippen molar-refractivity contribution in [3.8, 4) is 0 Å². The first-order valence-electron chi connectivity index (χ1n) is 3.85. The molecule has 1 atom stereocenters. The number of hydrogen-bond donors (Lipinski definition) is 2. The van der Waals surface area contributed by atoms with Gasteiger partial charge in [-0.1, -0.05) is 13.3 Å². The van der Waals surface area contributed by atoms with Crippen LogP contribution in [0.3, 0.4) is 0 Å². The second kappa shape index (κ2) is 5.67. The second-order valence-electron chi connectivity index (χ2n) is 2.27. The number of ether oxygens (including phenoxy) is 1. The normalized spacial score (nSPS) is 14.7. The van der Waals surface area contributed by atoms with Crippen molar-refractivity contribution in [1.29, 1.82) is 0 Å². The van der Waals surface area contributed by atoms with Crippen molar-refractivity contribution in [2.24, 2.45) is 0 Å². The summed E-state index contributed by atoms with van der Waals surface area (Å²) < 4.78 is 19.7. The van der Waals surface area contributed by atoms with Crippen LogP contribution in [0.15, 0.2) is 0 Å². The number of rotatable bonds is 6. The average Bonchev–Trinajstić information content (AvgIpc) is 1.84. The molecule has 0 radical (unpaired) electrons. The maximum Gasteiger partial charge on any atom is 0.471 e. The van der Waals surface area contributed by atoms with E-state index in [1.807, 2.05) is 6.92 Å². The van der Waals surface area contributed by atoms with Crippen LogP contribution in [0.4, 0.5) is 0 Å². The first-order valence-corrected chi connectivity index (χ1v) is 5.38. The van der Waals surface area contributed by atoms with Crippen LogP contribution >= 0.6 is 7.82 Å². The molecule has 0 amide bonds. The van der Waals surface area contributed by atoms with Crippen LogP contribution in [0.25, 0.3) is 0 Å². The summed E-state index contributed by atoms with van der Waals surface area (Å²) in [5.41, 5.74) is 0. The van der Waals surface area contributed by atoms with Gasteiger partial charge in [-0.15, -0.1) is 0 Å². The summed E-state index contributed by atoms with van der Waals surface area (Å²) in [7, 11) is -4.41. The highest BCUT2D eigenvalue weighted by atomic mass is 31.2. The summed E-state index contributed by atoms with van der Waals surface area (Å²) in [4.78, 5) is 16.9. The molecule has 1 unspecified atom stereocenters. The van der Waals surface area contributed by atoms with Crippen LogP contribution in [-0.2, 0) is 13.8 Å². The Bertz CT molecular complexity index is 148. The van der Waals surface area contributed by atoms with Gasteiger partial charge in [0.1, 0.15) is 0 Å². The topological polar surface area (TPSA) is 76.0 Å². The quantitative estimate of drug-likeness (QED) is 0.496. The molecule has 0 saturated heterocycles. The minimum Gasteiger partial charge on any atom is -0.352 e. The lowest BCUT2D eigenvalue weighted by Gasteiger charge is -2.16. The molecule has 6 heteroatoms. The van der Waals surface area contributed by atoms with Gasteiger partial charge in [0.25, 0.3) is 0 Å². The van der Waals surface area contributed by atoms with Gasteiger partial charge in [-0.05, 0) is 13.3 Å². The van der Waals surface area contributed by atoms with Crippen LogP contribution in [0.1, 0.15) is 26.7 Å². The molecule has 0 aliphatic carbocycles. The fourth-order valence-electron chi connectivity index (χ4n) is 0.741. The van der Waals surface area contributed by atoms with Gasteiger partial charge in [0.2, 0.25) is 0 Å². The minimum absolute atomic E-state index is 0.380. The Morgan fingerprint density at radius 3 is 2.33 bits per heavy atom. The van der Waals surface area contributed by atoms with E-state index in [2.05, 4.69) is 4.52 Å². The highest BCUT2D eigenvalue weighted by molar-refractivity contribution is 7.46. The molecule has 74 valence electrons. The predicted molar refractivity (Wildman–Crippen MR) is 43.5 cm³/mol. The van der Waals surface area contributed by atoms with Crippen LogP contribution in [0.5, 0.6) is 0 Å². The van der Waals surface area contributed by atoms with Crippen LogP contribution in [0.2, 0.25) is 0 Å². The largest absolute Gasteiger partial charge is 0.471 e. The number of phosphoric acid groups is 1. The van der Waals surface area contributed by atoms with Gasteiger partial charge >= 0.3 is 7.82 Å². The summed E-state index contributed by atoms with van der Waals surface area (Å²) in [5, 5.41) is 0. The van der Waals surface area contributed by atoms with Crippen molar-refractivity contribution in [1.82, 2.24) is 0 Å². The maximum atomic E-state index is 10.4. The SMILES string of the molecule is CCCC(OCC)OP(=O)(O)O. The van der Waals surface area contributed by atoms with E-state index in [0.29, 0.717) is 13.0 Å². The zero-order valence-electron chi connectivity index (χ0n) is 7.27. The van der Waals surface area contributed by atoms with Crippen molar-refractivity contribution >= 4 is 7.82 Å². The smallest absolute Gasteiger partial charge is 0.352 e. The Kier molecular flexibility index (Phi) is 5.70. The molecule has 0 bridgehead atoms. The van der Waals surface area contributed by atoms with Crippen molar-refractivity contribution in [2.75, 3.05) is 6.61 Å². The first kappa shape index (κ1) is 12.1. The maximum absolute atomic E-state index is 10.4. The molecule has 0 spiro atoms. The molecule has 2 N–H and O–H groups in total. The first-order chi connectivity index (χ1) is 5.49. The molecule has 0 aliphatic rings. The van der Waals surface area contributed by atoms with E-state index >= 15 is 0 Å². The van der Waals surface area contributed by atoms with Gasteiger partial charge in [-0.3, -0.25) is 4.52 Å². The van der Waals surface area contributed by atoms with E-state index in [1.54, 1.807) is 6.92 Å². The second-order valence-corrected chi connectivity index (χ2v) is 3.46. The molecule has 5 nitrogen and oxygen atoms in total. The van der Waals surface area contributed by atoms with Crippen molar-refractivity contribution in [3.63, 3.8) is 0 Å². The Labute approximate surface area is 71.9 Å². The third-order valence-corrected chi connectivity index (χ3v) is 1.64. The number of phosphoric ester groups is 1. The van der Waals surface area contributed by atoms with Gasteiger partial charge in [-0.25, -0.2) is 4.57 Å². The molecule has 12 heavy (non-hydrogen) atoms. The van der Waals surface area contributed by atoms with Crippen molar-refractivity contribution in [2.45, 2.75) is 33.0 Å². The monoisotopic (exact) mass is 198 g/mol. The van der Waals surface area contributed by atoms with Gasteiger partial charge < -0.3 is 14.5 Å². The van der Waals surface area contributed by atoms with Crippen LogP contribution in [0, 0.1) is 0 Å². The predicted octanol–water partition coefficient (Wildman–Crippen LogP) is 1.26. The lowest BCUT2D eigenvalue weighted by Crippen LogP contribution is -2.15. The molecule has 0 fully saturated rings. The Morgan fingerprint density at radius 1 is 1.42 bits per heavy atom. The van der Waals surface area contributed by atoms with Crippen molar-refractivity contribution in [3.05, 3.63) is 0 Å². The lowest BCUT2D eigenvalue weighted by molar-refractivity contribution is -0.0921. The molecular formula is C6H15O5P. The van der Waals surface area contributed by atoms with E-state index in [-0.39, 0.29) is 0 Å². The summed E-state index contributed by atoms with van der Waals surface area (Å²) in [6, 6.07) is 0. The summed E-state index contributed by atoms with van der Waals surface area (Å²) in [6.45, 7) is 4.01. The van der Waals surface area contributed by atoms with Gasteiger partial charge in [0.15, 0.2) is 6.29 Å². The zero-order chi connectivity index (χ0) is 9.61. The van der Waals surface area contributed by atoms with Crippen LogP contribution < -0.4 is 0 Å². The molecule has 0 aromatic heterocycles. The molecule has 0 rings (SSSR count). The summed E-state index contributed by atoms with van der Waals surface area (Å²) in [6.07, 6.45) is 0.449. The van der Waals surface area contributed by atoms with Gasteiger partial charge in [0.05, 0.1) is 0 Å². The van der Waals surface area contributed by atoms with E-state index in [1.165, 1.54) is 0 Å². The van der Waals surface area contributed by atoms with Crippen molar-refractivity contribution < 1.29 is 23.6 Å². The fraction of sp³-hybridized carbons (Fsp3) is 1.00. The highest BCUT2D eigenvalue weighted by Crippen LogP contribution is 2.38. The highest BCUT2D eigenvalue weighted by Gasteiger charge is 2.21. The Balaban J connectivity index is 3.86. The summed E-state index contributed by atoms with van der Waals surface area (Å²) in [5.74, 6) is 0. The Hall–Kier alpha value is 0.0700. The van der Waals surface area contributed by atoms with E-state index in [0.717, 1.165) is 6.42 Å². The van der Waals surface area contributed by atoms with Gasteiger partial charge in [0, 0.05) is 6.61 Å². The van der Waals surface area contributed by atoms with Crippen LogP contribution in [-0.4, -0.2) is 22.7 Å². The molecule has 0 aliphatic heterocycles. The average molecular weight is 198 g/mol. The Morgan fingerprint density at radius 2 is 2.00 bits per heavy atom. The summed E-state index contributed by atoms with van der Waals surface area (Å²) >= 11 is 0. The van der Waals surface area contributed by atoms with E-state index < -0.39 is 14.1 Å². The standard InChI is InChI=1S/C6H15O5P/c1-3-5-6(10-4-2)11-12(7,8)9/h6H,3-5H2,1-2H3,(H2,7,8,9). The third-order valence-electron chi connectivity index (χ3n) is 1.13.